The summed E-state index contributed by atoms with van der Waals surface area (Å²) in [4.78, 5) is 27.6. The summed E-state index contributed by atoms with van der Waals surface area (Å²) in [6.07, 6.45) is 0.0248. The molecular formula is C24H20ClFN2O3. The van der Waals surface area contributed by atoms with Crippen LogP contribution in [0.25, 0.3) is 0 Å². The van der Waals surface area contributed by atoms with E-state index in [2.05, 4.69) is 5.32 Å². The SMILES string of the molecule is O=C(NC(CC(=O)N1CCOc2cc(F)ccc21)c1ccccc1)c1ccccc1Cl. The predicted molar refractivity (Wildman–Crippen MR) is 117 cm³/mol. The predicted octanol–water partition coefficient (Wildman–Crippen LogP) is 4.77. The number of nitrogens with zero attached hydrogens (tertiary/aromatic N) is 1. The van der Waals surface area contributed by atoms with Crippen molar-refractivity contribution in [3.05, 3.63) is 94.8 Å². The molecule has 158 valence electrons. The first kappa shape index (κ1) is 20.9. The van der Waals surface area contributed by atoms with Gasteiger partial charge >= 0.3 is 0 Å². The molecular weight excluding hydrogens is 419 g/mol. The molecule has 1 atom stereocenters. The summed E-state index contributed by atoms with van der Waals surface area (Å²) in [5.74, 6) is -0.667. The molecule has 1 unspecified atom stereocenters. The lowest BCUT2D eigenvalue weighted by Crippen LogP contribution is -2.40. The van der Waals surface area contributed by atoms with E-state index < -0.39 is 11.9 Å². The number of rotatable bonds is 5. The molecule has 5 nitrogen and oxygen atoms in total. The summed E-state index contributed by atoms with van der Waals surface area (Å²) in [7, 11) is 0. The van der Waals surface area contributed by atoms with E-state index in [1.54, 1.807) is 29.2 Å². The number of halogens is 2. The van der Waals surface area contributed by atoms with Gasteiger partial charge in [0.25, 0.3) is 5.91 Å². The number of carbonyl (C=O) groups is 2. The van der Waals surface area contributed by atoms with Crippen LogP contribution in [0.3, 0.4) is 0 Å². The number of carbonyl (C=O) groups excluding carboxylic acids is 2. The minimum absolute atomic E-state index is 0.0248. The fraction of sp³-hybridized carbons (Fsp3) is 0.167. The molecule has 1 heterocycles. The molecule has 1 aliphatic heterocycles. The average Bonchev–Trinajstić information content (AvgIpc) is 2.78. The summed E-state index contributed by atoms with van der Waals surface area (Å²) < 4.78 is 19.0. The molecule has 0 saturated heterocycles. The quantitative estimate of drug-likeness (QED) is 0.624. The monoisotopic (exact) mass is 438 g/mol. The number of hydrogen-bond acceptors (Lipinski definition) is 3. The first-order valence-electron chi connectivity index (χ1n) is 9.86. The average molecular weight is 439 g/mol. The molecule has 0 spiro atoms. The summed E-state index contributed by atoms with van der Waals surface area (Å²) >= 11 is 6.16. The molecule has 0 aliphatic carbocycles. The zero-order valence-electron chi connectivity index (χ0n) is 16.6. The summed E-state index contributed by atoms with van der Waals surface area (Å²) in [6, 6.07) is 19.5. The largest absolute Gasteiger partial charge is 0.489 e. The summed E-state index contributed by atoms with van der Waals surface area (Å²) in [5, 5.41) is 3.27. The van der Waals surface area contributed by atoms with Gasteiger partial charge in [0.2, 0.25) is 5.91 Å². The van der Waals surface area contributed by atoms with Crippen LogP contribution in [-0.4, -0.2) is 25.0 Å². The van der Waals surface area contributed by atoms with Crippen LogP contribution in [0.5, 0.6) is 5.75 Å². The van der Waals surface area contributed by atoms with Gasteiger partial charge in [-0.25, -0.2) is 4.39 Å². The van der Waals surface area contributed by atoms with Crippen molar-refractivity contribution in [2.45, 2.75) is 12.5 Å². The van der Waals surface area contributed by atoms with Crippen LogP contribution in [0.15, 0.2) is 72.8 Å². The topological polar surface area (TPSA) is 58.6 Å². The van der Waals surface area contributed by atoms with Gasteiger partial charge in [-0.15, -0.1) is 0 Å². The third-order valence-electron chi connectivity index (χ3n) is 5.09. The Morgan fingerprint density at radius 1 is 1.06 bits per heavy atom. The smallest absolute Gasteiger partial charge is 0.253 e. The molecule has 31 heavy (non-hydrogen) atoms. The minimum Gasteiger partial charge on any atom is -0.489 e. The molecule has 3 aromatic carbocycles. The fourth-order valence-electron chi connectivity index (χ4n) is 3.56. The van der Waals surface area contributed by atoms with Gasteiger partial charge in [-0.3, -0.25) is 9.59 Å². The molecule has 0 radical (unpaired) electrons. The molecule has 3 aromatic rings. The Morgan fingerprint density at radius 3 is 2.58 bits per heavy atom. The van der Waals surface area contributed by atoms with E-state index >= 15 is 0 Å². The van der Waals surface area contributed by atoms with Gasteiger partial charge < -0.3 is 15.0 Å². The van der Waals surface area contributed by atoms with Crippen LogP contribution in [-0.2, 0) is 4.79 Å². The molecule has 0 aromatic heterocycles. The van der Waals surface area contributed by atoms with E-state index in [9.17, 15) is 14.0 Å². The molecule has 0 saturated carbocycles. The molecule has 2 amide bonds. The summed E-state index contributed by atoms with van der Waals surface area (Å²) in [5.41, 5.74) is 1.65. The Morgan fingerprint density at radius 2 is 1.81 bits per heavy atom. The molecule has 0 bridgehead atoms. The van der Waals surface area contributed by atoms with Crippen LogP contribution >= 0.6 is 11.6 Å². The highest BCUT2D eigenvalue weighted by molar-refractivity contribution is 6.33. The van der Waals surface area contributed by atoms with Crippen molar-refractivity contribution < 1.29 is 18.7 Å². The maximum absolute atomic E-state index is 13.5. The van der Waals surface area contributed by atoms with Crippen molar-refractivity contribution in [1.29, 1.82) is 0 Å². The Balaban J connectivity index is 1.58. The Hall–Kier alpha value is -3.38. The van der Waals surface area contributed by atoms with E-state index in [-0.39, 0.29) is 24.8 Å². The number of amides is 2. The van der Waals surface area contributed by atoms with E-state index in [1.807, 2.05) is 30.3 Å². The Labute approximate surface area is 184 Å². The van der Waals surface area contributed by atoms with Crippen molar-refractivity contribution in [1.82, 2.24) is 5.32 Å². The minimum atomic E-state index is -0.566. The third-order valence-corrected chi connectivity index (χ3v) is 5.42. The normalized spacial score (nSPS) is 13.7. The first-order valence-corrected chi connectivity index (χ1v) is 10.2. The lowest BCUT2D eigenvalue weighted by Gasteiger charge is -2.31. The maximum Gasteiger partial charge on any atom is 0.253 e. The molecule has 1 N–H and O–H groups in total. The number of fused-ring (bicyclic) bond motifs is 1. The highest BCUT2D eigenvalue weighted by Gasteiger charge is 2.28. The van der Waals surface area contributed by atoms with Crippen molar-refractivity contribution >= 4 is 29.1 Å². The van der Waals surface area contributed by atoms with Crippen LogP contribution in [0.1, 0.15) is 28.4 Å². The van der Waals surface area contributed by atoms with Crippen molar-refractivity contribution in [2.24, 2.45) is 0 Å². The van der Waals surface area contributed by atoms with Crippen molar-refractivity contribution in [3.8, 4) is 5.75 Å². The van der Waals surface area contributed by atoms with Gasteiger partial charge in [-0.2, -0.15) is 0 Å². The number of anilines is 1. The van der Waals surface area contributed by atoms with E-state index in [0.717, 1.165) is 5.56 Å². The molecule has 1 aliphatic rings. The highest BCUT2D eigenvalue weighted by Crippen LogP contribution is 2.33. The molecule has 0 fully saturated rings. The van der Waals surface area contributed by atoms with E-state index in [0.29, 0.717) is 28.6 Å². The fourth-order valence-corrected chi connectivity index (χ4v) is 3.78. The molecule has 7 heteroatoms. The standard InChI is InChI=1S/C24H20ClFN2O3/c25-19-9-5-4-8-18(19)24(30)27-20(16-6-2-1-3-7-16)15-23(29)28-12-13-31-22-14-17(26)10-11-21(22)28/h1-11,14,20H,12-13,15H2,(H,27,30). The number of nitrogens with one attached hydrogen (secondary N) is 1. The van der Waals surface area contributed by atoms with E-state index in [1.165, 1.54) is 18.2 Å². The van der Waals surface area contributed by atoms with Crippen LogP contribution in [0.4, 0.5) is 10.1 Å². The Kier molecular flexibility index (Phi) is 6.18. The van der Waals surface area contributed by atoms with E-state index in [4.69, 9.17) is 16.3 Å². The molecule has 4 rings (SSSR count). The lowest BCUT2D eigenvalue weighted by molar-refractivity contribution is -0.119. The van der Waals surface area contributed by atoms with Gasteiger partial charge in [0, 0.05) is 6.07 Å². The van der Waals surface area contributed by atoms with Gasteiger partial charge in [0.15, 0.2) is 0 Å². The van der Waals surface area contributed by atoms with Crippen molar-refractivity contribution in [2.75, 3.05) is 18.1 Å². The van der Waals surface area contributed by atoms with Crippen LogP contribution in [0.2, 0.25) is 5.02 Å². The highest BCUT2D eigenvalue weighted by atomic mass is 35.5. The zero-order chi connectivity index (χ0) is 21.8. The zero-order valence-corrected chi connectivity index (χ0v) is 17.3. The van der Waals surface area contributed by atoms with Crippen molar-refractivity contribution in [3.63, 3.8) is 0 Å². The maximum atomic E-state index is 13.5. The second-order valence-corrected chi connectivity index (χ2v) is 7.53. The number of ether oxygens (including phenoxy) is 1. The Bertz CT molecular complexity index is 1110. The van der Waals surface area contributed by atoms with Gasteiger partial charge in [0.05, 0.1) is 35.3 Å². The van der Waals surface area contributed by atoms with Crippen LogP contribution in [0, 0.1) is 5.82 Å². The van der Waals surface area contributed by atoms with Gasteiger partial charge in [-0.1, -0.05) is 54.1 Å². The number of hydrogen-bond donors (Lipinski definition) is 1. The first-order chi connectivity index (χ1) is 15.0. The van der Waals surface area contributed by atoms with Crippen LogP contribution < -0.4 is 15.0 Å². The second kappa shape index (κ2) is 9.18. The van der Waals surface area contributed by atoms with Gasteiger partial charge in [0.1, 0.15) is 18.2 Å². The third kappa shape index (κ3) is 4.70. The number of benzene rings is 3. The lowest BCUT2D eigenvalue weighted by atomic mass is 10.0. The van der Waals surface area contributed by atoms with Gasteiger partial charge in [-0.05, 0) is 29.8 Å². The summed E-state index contributed by atoms with van der Waals surface area (Å²) in [6.45, 7) is 0.613. The second-order valence-electron chi connectivity index (χ2n) is 7.13.